The van der Waals surface area contributed by atoms with Gasteiger partial charge in [0.2, 0.25) is 10.0 Å². The Hall–Kier alpha value is -2.38. The van der Waals surface area contributed by atoms with Crippen molar-refractivity contribution in [1.29, 1.82) is 0 Å². The van der Waals surface area contributed by atoms with Crippen LogP contribution in [0.15, 0.2) is 46.0 Å². The predicted molar refractivity (Wildman–Crippen MR) is 146 cm³/mol. The first-order chi connectivity index (χ1) is 17.6. The lowest BCUT2D eigenvalue weighted by molar-refractivity contribution is -0.136. The standard InChI is InChI=1S/C24H28ClFN4O5S2.CH4/c1-35-24(32)19-20(14-3-6-16(7-4-14)30(10-11-31)37(2,33)34)28-22(23-27-9-12-36-23)29-21(19)17-8-5-15(26)13-18(17)25;/h5,8-9,12-14,16,21,31H,3-4,6-7,10-11H2,1-2H3,(H,28,29);1H4. The van der Waals surface area contributed by atoms with Gasteiger partial charge < -0.3 is 15.2 Å². The van der Waals surface area contributed by atoms with Crippen LogP contribution in [0.3, 0.4) is 0 Å². The third kappa shape index (κ3) is 6.42. The van der Waals surface area contributed by atoms with Crippen molar-refractivity contribution in [1.82, 2.24) is 14.6 Å². The Morgan fingerprint density at radius 3 is 2.58 bits per heavy atom. The number of aromatic nitrogens is 1. The molecule has 1 aromatic heterocycles. The first-order valence-corrected chi connectivity index (χ1v) is 14.8. The number of rotatable bonds is 8. The van der Waals surface area contributed by atoms with Crippen molar-refractivity contribution in [3.63, 3.8) is 0 Å². The van der Waals surface area contributed by atoms with Gasteiger partial charge in [-0.1, -0.05) is 25.1 Å². The number of nitrogens with zero attached hydrogens (tertiary/aromatic N) is 3. The number of aliphatic hydroxyl groups is 1. The molecule has 1 saturated carbocycles. The maximum absolute atomic E-state index is 13.8. The first kappa shape index (κ1) is 30.2. The van der Waals surface area contributed by atoms with E-state index >= 15 is 0 Å². The Bertz CT molecular complexity index is 1310. The van der Waals surface area contributed by atoms with E-state index in [4.69, 9.17) is 21.3 Å². The summed E-state index contributed by atoms with van der Waals surface area (Å²) in [5, 5.41) is 15.2. The molecule has 208 valence electrons. The topological polar surface area (TPSA) is 121 Å². The number of carbonyl (C=O) groups excluding carboxylic acids is 1. The van der Waals surface area contributed by atoms with Gasteiger partial charge in [0.1, 0.15) is 11.9 Å². The zero-order valence-corrected chi connectivity index (χ0v) is 22.7. The summed E-state index contributed by atoms with van der Waals surface area (Å²) in [6, 6.07) is 2.85. The van der Waals surface area contributed by atoms with Crippen molar-refractivity contribution in [2.24, 2.45) is 10.9 Å². The largest absolute Gasteiger partial charge is 0.466 e. The molecule has 2 aromatic rings. The van der Waals surface area contributed by atoms with Gasteiger partial charge in [0.05, 0.1) is 25.5 Å². The molecule has 13 heteroatoms. The van der Waals surface area contributed by atoms with Crippen LogP contribution in [0.1, 0.15) is 49.7 Å². The Kier molecular flexibility index (Phi) is 10.0. The van der Waals surface area contributed by atoms with E-state index in [2.05, 4.69) is 10.3 Å². The monoisotopic (exact) mass is 586 g/mol. The minimum absolute atomic E-state index is 0. The molecule has 0 amide bonds. The molecule has 2 aliphatic rings. The molecule has 1 fully saturated rings. The number of thiazole rings is 1. The summed E-state index contributed by atoms with van der Waals surface area (Å²) in [4.78, 5) is 22.2. The SMILES string of the molecule is C.COC(=O)C1=C(C2CCC(N(CCO)S(C)(=O)=O)CC2)NC(c2nccs2)=NC1c1ccc(F)cc1Cl. The van der Waals surface area contributed by atoms with Gasteiger partial charge in [0.25, 0.3) is 0 Å². The van der Waals surface area contributed by atoms with Gasteiger partial charge in [0, 0.05) is 40.4 Å². The number of ether oxygens (including phenoxy) is 1. The van der Waals surface area contributed by atoms with Crippen LogP contribution in [-0.2, 0) is 19.6 Å². The molecule has 0 saturated heterocycles. The maximum Gasteiger partial charge on any atom is 0.338 e. The second-order valence-electron chi connectivity index (χ2n) is 8.93. The van der Waals surface area contributed by atoms with E-state index in [9.17, 15) is 22.7 Å². The van der Waals surface area contributed by atoms with Gasteiger partial charge in [0.15, 0.2) is 10.8 Å². The number of esters is 1. The third-order valence-electron chi connectivity index (χ3n) is 6.63. The van der Waals surface area contributed by atoms with E-state index in [1.54, 1.807) is 6.20 Å². The number of hydrogen-bond acceptors (Lipinski definition) is 9. The van der Waals surface area contributed by atoms with Crippen LogP contribution >= 0.6 is 22.9 Å². The number of allylic oxidation sites excluding steroid dienone is 1. The molecule has 2 heterocycles. The van der Waals surface area contributed by atoms with Crippen LogP contribution in [-0.4, -0.2) is 67.2 Å². The predicted octanol–water partition coefficient (Wildman–Crippen LogP) is 3.90. The molecule has 1 atom stereocenters. The van der Waals surface area contributed by atoms with Gasteiger partial charge >= 0.3 is 5.97 Å². The first-order valence-electron chi connectivity index (χ1n) is 11.7. The number of methoxy groups -OCH3 is 1. The highest BCUT2D eigenvalue weighted by Crippen LogP contribution is 2.41. The smallest absolute Gasteiger partial charge is 0.338 e. The third-order valence-corrected chi connectivity index (χ3v) is 9.07. The molecule has 4 rings (SSSR count). The van der Waals surface area contributed by atoms with Crippen LogP contribution < -0.4 is 5.32 Å². The number of hydrogen-bond donors (Lipinski definition) is 2. The zero-order chi connectivity index (χ0) is 26.7. The zero-order valence-electron chi connectivity index (χ0n) is 20.4. The van der Waals surface area contributed by atoms with Crippen molar-refractivity contribution in [3.05, 3.63) is 62.5 Å². The Morgan fingerprint density at radius 2 is 2.03 bits per heavy atom. The quantitative estimate of drug-likeness (QED) is 0.450. The fourth-order valence-electron chi connectivity index (χ4n) is 4.99. The molecule has 0 spiro atoms. The molecule has 0 radical (unpaired) electrons. The lowest BCUT2D eigenvalue weighted by atomic mass is 9.80. The number of carbonyl (C=O) groups is 1. The van der Waals surface area contributed by atoms with E-state index in [1.165, 1.54) is 41.0 Å². The second-order valence-corrected chi connectivity index (χ2v) is 12.2. The van der Waals surface area contributed by atoms with Crippen molar-refractivity contribution in [2.75, 3.05) is 26.5 Å². The Morgan fingerprint density at radius 1 is 1.32 bits per heavy atom. The number of nitrogens with one attached hydrogen (secondary N) is 1. The van der Waals surface area contributed by atoms with E-state index in [1.807, 2.05) is 5.38 Å². The summed E-state index contributed by atoms with van der Waals surface area (Å²) < 4.78 is 44.9. The van der Waals surface area contributed by atoms with Crippen molar-refractivity contribution < 1.29 is 27.4 Å². The highest BCUT2D eigenvalue weighted by atomic mass is 35.5. The average Bonchev–Trinajstić information content (AvgIpc) is 3.41. The fourth-order valence-corrected chi connectivity index (χ4v) is 7.01. The Balaban J connectivity index is 0.00000400. The number of amidine groups is 1. The Labute approximate surface area is 231 Å². The molecular formula is C25H32ClFN4O5S2. The van der Waals surface area contributed by atoms with E-state index in [0.717, 1.165) is 6.26 Å². The molecule has 1 aliphatic carbocycles. The molecule has 9 nitrogen and oxygen atoms in total. The number of sulfonamides is 1. The van der Waals surface area contributed by atoms with Crippen LogP contribution in [0, 0.1) is 11.7 Å². The van der Waals surface area contributed by atoms with Crippen LogP contribution in [0.5, 0.6) is 0 Å². The molecule has 1 aliphatic heterocycles. The number of aliphatic hydroxyl groups excluding tert-OH is 1. The number of aliphatic imine (C=N–C) groups is 1. The minimum atomic E-state index is -3.49. The molecule has 2 N–H and O–H groups in total. The second kappa shape index (κ2) is 12.6. The highest BCUT2D eigenvalue weighted by molar-refractivity contribution is 7.88. The summed E-state index contributed by atoms with van der Waals surface area (Å²) in [7, 11) is -2.20. The average molecular weight is 587 g/mol. The van der Waals surface area contributed by atoms with Gasteiger partial charge in [-0.3, -0.25) is 4.99 Å². The summed E-state index contributed by atoms with van der Waals surface area (Å²) >= 11 is 7.79. The van der Waals surface area contributed by atoms with Gasteiger partial charge in [-0.05, 0) is 43.7 Å². The maximum atomic E-state index is 13.8. The molecule has 38 heavy (non-hydrogen) atoms. The lowest BCUT2D eigenvalue weighted by Gasteiger charge is -2.38. The molecule has 0 bridgehead atoms. The lowest BCUT2D eigenvalue weighted by Crippen LogP contribution is -2.44. The van der Waals surface area contributed by atoms with Crippen molar-refractivity contribution in [2.45, 2.75) is 45.2 Å². The summed E-state index contributed by atoms with van der Waals surface area (Å²) in [5.41, 5.74) is 1.34. The number of benzene rings is 1. The molecular weight excluding hydrogens is 555 g/mol. The molecule has 1 aromatic carbocycles. The summed E-state index contributed by atoms with van der Waals surface area (Å²) in [5.74, 6) is -0.765. The highest BCUT2D eigenvalue weighted by Gasteiger charge is 2.39. The van der Waals surface area contributed by atoms with Gasteiger partial charge in [-0.15, -0.1) is 11.3 Å². The normalized spacial score (nSPS) is 21.9. The van der Waals surface area contributed by atoms with E-state index in [0.29, 0.717) is 47.8 Å². The van der Waals surface area contributed by atoms with Gasteiger partial charge in [-0.2, -0.15) is 4.31 Å². The molecule has 1 unspecified atom stereocenters. The van der Waals surface area contributed by atoms with Crippen LogP contribution in [0.4, 0.5) is 4.39 Å². The van der Waals surface area contributed by atoms with Crippen molar-refractivity contribution >= 4 is 44.8 Å². The summed E-state index contributed by atoms with van der Waals surface area (Å²) in [6.07, 6.45) is 5.05. The van der Waals surface area contributed by atoms with Gasteiger partial charge in [-0.25, -0.2) is 22.6 Å². The summed E-state index contributed by atoms with van der Waals surface area (Å²) in [6.45, 7) is -0.228. The van der Waals surface area contributed by atoms with Crippen LogP contribution in [0.25, 0.3) is 0 Å². The number of halogens is 2. The van der Waals surface area contributed by atoms with Crippen molar-refractivity contribution in [3.8, 4) is 0 Å². The van der Waals surface area contributed by atoms with Crippen LogP contribution in [0.2, 0.25) is 5.02 Å². The van der Waals surface area contributed by atoms with E-state index < -0.39 is 27.9 Å². The minimum Gasteiger partial charge on any atom is -0.466 e. The van der Waals surface area contributed by atoms with E-state index in [-0.39, 0.29) is 43.1 Å². The fraction of sp³-hybridized carbons (Fsp3) is 0.480.